The third-order valence-corrected chi connectivity index (χ3v) is 3.80. The molecule has 0 spiro atoms. The van der Waals surface area contributed by atoms with E-state index in [9.17, 15) is 13.2 Å². The Bertz CT molecular complexity index is 599. The average Bonchev–Trinajstić information content (AvgIpc) is 2.54. The van der Waals surface area contributed by atoms with Crippen LogP contribution in [-0.2, 0) is 6.18 Å². The van der Waals surface area contributed by atoms with Crippen LogP contribution in [-0.4, -0.2) is 9.78 Å². The van der Waals surface area contributed by atoms with E-state index < -0.39 is 11.7 Å². The molecule has 3 rings (SSSR count). The molecule has 2 aromatic rings. The van der Waals surface area contributed by atoms with Crippen LogP contribution in [0.4, 0.5) is 13.2 Å². The van der Waals surface area contributed by atoms with E-state index in [0.29, 0.717) is 9.86 Å². The first-order valence-electron chi connectivity index (χ1n) is 5.71. The SMILES string of the molecule is FC(F)(F)c1cc(Br)cc2cn(C3CCC3)nc12. The number of hydrogen-bond donors (Lipinski definition) is 0. The van der Waals surface area contributed by atoms with Crippen molar-refractivity contribution < 1.29 is 13.2 Å². The molecule has 96 valence electrons. The third-order valence-electron chi connectivity index (χ3n) is 3.35. The molecule has 0 atom stereocenters. The highest BCUT2D eigenvalue weighted by molar-refractivity contribution is 9.10. The molecule has 18 heavy (non-hydrogen) atoms. The quantitative estimate of drug-likeness (QED) is 0.754. The highest BCUT2D eigenvalue weighted by Crippen LogP contribution is 2.38. The molecular formula is C12H10BrF3N2. The number of alkyl halides is 3. The van der Waals surface area contributed by atoms with Crippen molar-refractivity contribution in [3.05, 3.63) is 28.4 Å². The average molecular weight is 319 g/mol. The Morgan fingerprint density at radius 2 is 2.00 bits per heavy atom. The zero-order valence-electron chi connectivity index (χ0n) is 9.34. The van der Waals surface area contributed by atoms with Crippen LogP contribution in [0.5, 0.6) is 0 Å². The molecule has 0 radical (unpaired) electrons. The van der Waals surface area contributed by atoms with Gasteiger partial charge < -0.3 is 0 Å². The minimum atomic E-state index is -4.37. The van der Waals surface area contributed by atoms with Gasteiger partial charge in [0.15, 0.2) is 0 Å². The summed E-state index contributed by atoms with van der Waals surface area (Å²) >= 11 is 3.12. The minimum absolute atomic E-state index is 0.0394. The topological polar surface area (TPSA) is 17.8 Å². The fraction of sp³-hybridized carbons (Fsp3) is 0.417. The fourth-order valence-corrected chi connectivity index (χ4v) is 2.65. The summed E-state index contributed by atoms with van der Waals surface area (Å²) in [5, 5.41) is 4.65. The third kappa shape index (κ3) is 1.92. The molecule has 1 heterocycles. The second-order valence-corrected chi connectivity index (χ2v) is 5.50. The molecule has 0 aliphatic heterocycles. The summed E-state index contributed by atoms with van der Waals surface area (Å²) < 4.78 is 40.9. The van der Waals surface area contributed by atoms with Crippen LogP contribution in [0.15, 0.2) is 22.8 Å². The van der Waals surface area contributed by atoms with Gasteiger partial charge in [0.2, 0.25) is 0 Å². The number of benzene rings is 1. The smallest absolute Gasteiger partial charge is 0.268 e. The lowest BCUT2D eigenvalue weighted by atomic mass is 9.93. The van der Waals surface area contributed by atoms with Gasteiger partial charge in [0.05, 0.1) is 11.6 Å². The van der Waals surface area contributed by atoms with Crippen LogP contribution >= 0.6 is 15.9 Å². The molecule has 1 aliphatic rings. The maximum absolute atomic E-state index is 12.9. The lowest BCUT2D eigenvalue weighted by molar-refractivity contribution is -0.136. The molecule has 6 heteroatoms. The van der Waals surface area contributed by atoms with E-state index >= 15 is 0 Å². The van der Waals surface area contributed by atoms with Crippen molar-refractivity contribution in [1.29, 1.82) is 0 Å². The summed E-state index contributed by atoms with van der Waals surface area (Å²) in [5.74, 6) is 0. The lowest BCUT2D eigenvalue weighted by Gasteiger charge is -2.25. The monoisotopic (exact) mass is 318 g/mol. The Balaban J connectivity index is 2.19. The van der Waals surface area contributed by atoms with Gasteiger partial charge in [0, 0.05) is 16.1 Å². The van der Waals surface area contributed by atoms with Crippen molar-refractivity contribution in [3.8, 4) is 0 Å². The van der Waals surface area contributed by atoms with Crippen LogP contribution in [0.1, 0.15) is 30.9 Å². The van der Waals surface area contributed by atoms with Gasteiger partial charge in [-0.1, -0.05) is 15.9 Å². The van der Waals surface area contributed by atoms with E-state index in [-0.39, 0.29) is 11.6 Å². The Hall–Kier alpha value is -1.04. The Morgan fingerprint density at radius 1 is 1.28 bits per heavy atom. The van der Waals surface area contributed by atoms with Gasteiger partial charge >= 0.3 is 6.18 Å². The van der Waals surface area contributed by atoms with Gasteiger partial charge in [-0.3, -0.25) is 4.68 Å². The maximum atomic E-state index is 12.9. The van der Waals surface area contributed by atoms with Crippen LogP contribution in [0.3, 0.4) is 0 Å². The number of hydrogen-bond acceptors (Lipinski definition) is 1. The van der Waals surface area contributed by atoms with Gasteiger partial charge in [-0.05, 0) is 31.4 Å². The molecule has 0 amide bonds. The molecule has 1 aromatic heterocycles. The van der Waals surface area contributed by atoms with Crippen LogP contribution in [0, 0.1) is 0 Å². The zero-order valence-corrected chi connectivity index (χ0v) is 10.9. The standard InChI is InChI=1S/C12H10BrF3N2/c13-8-4-7-6-18(9-2-1-3-9)17-11(7)10(5-8)12(14,15)16/h4-6,9H,1-3H2. The first-order chi connectivity index (χ1) is 8.45. The number of halogens is 4. The summed E-state index contributed by atoms with van der Waals surface area (Å²) in [6.45, 7) is 0. The molecule has 0 saturated heterocycles. The van der Waals surface area contributed by atoms with Crippen molar-refractivity contribution in [2.75, 3.05) is 0 Å². The molecular weight excluding hydrogens is 309 g/mol. The summed E-state index contributed by atoms with van der Waals surface area (Å²) in [4.78, 5) is 0. The van der Waals surface area contributed by atoms with Crippen molar-refractivity contribution >= 4 is 26.8 Å². The Kier molecular flexibility index (Phi) is 2.66. The van der Waals surface area contributed by atoms with E-state index in [1.165, 1.54) is 0 Å². The van der Waals surface area contributed by atoms with Gasteiger partial charge in [0.25, 0.3) is 0 Å². The number of aromatic nitrogens is 2. The maximum Gasteiger partial charge on any atom is 0.418 e. The number of nitrogens with zero attached hydrogens (tertiary/aromatic N) is 2. The summed E-state index contributed by atoms with van der Waals surface area (Å²) in [6.07, 6.45) is 0.448. The van der Waals surface area contributed by atoms with Gasteiger partial charge in [-0.25, -0.2) is 0 Å². The van der Waals surface area contributed by atoms with E-state index in [1.807, 2.05) is 0 Å². The molecule has 1 aromatic carbocycles. The summed E-state index contributed by atoms with van der Waals surface area (Å²) in [6, 6.07) is 3.02. The largest absolute Gasteiger partial charge is 0.418 e. The minimum Gasteiger partial charge on any atom is -0.268 e. The molecule has 0 N–H and O–H groups in total. The van der Waals surface area contributed by atoms with E-state index in [4.69, 9.17) is 0 Å². The van der Waals surface area contributed by atoms with Crippen LogP contribution in [0.2, 0.25) is 0 Å². The fourth-order valence-electron chi connectivity index (χ4n) is 2.17. The second kappa shape index (κ2) is 3.98. The molecule has 2 nitrogen and oxygen atoms in total. The zero-order chi connectivity index (χ0) is 12.9. The lowest BCUT2D eigenvalue weighted by Crippen LogP contribution is -2.17. The second-order valence-electron chi connectivity index (χ2n) is 4.58. The highest BCUT2D eigenvalue weighted by Gasteiger charge is 2.34. The Labute approximate surface area is 110 Å². The van der Waals surface area contributed by atoms with E-state index in [0.717, 1.165) is 25.3 Å². The van der Waals surface area contributed by atoms with E-state index in [1.54, 1.807) is 16.9 Å². The molecule has 0 unspecified atom stereocenters. The molecule has 0 bridgehead atoms. The van der Waals surface area contributed by atoms with Crippen LogP contribution in [0.25, 0.3) is 10.9 Å². The van der Waals surface area contributed by atoms with Crippen molar-refractivity contribution in [3.63, 3.8) is 0 Å². The Morgan fingerprint density at radius 3 is 2.56 bits per heavy atom. The van der Waals surface area contributed by atoms with Gasteiger partial charge in [0.1, 0.15) is 5.52 Å². The normalized spacial score (nSPS) is 17.1. The number of rotatable bonds is 1. The van der Waals surface area contributed by atoms with Crippen molar-refractivity contribution in [2.24, 2.45) is 0 Å². The predicted molar refractivity (Wildman–Crippen MR) is 65.3 cm³/mol. The first kappa shape index (κ1) is 12.0. The summed E-state index contributed by atoms with van der Waals surface area (Å²) in [7, 11) is 0. The van der Waals surface area contributed by atoms with E-state index in [2.05, 4.69) is 21.0 Å². The summed E-state index contributed by atoms with van der Waals surface area (Å²) in [5.41, 5.74) is -0.637. The molecule has 1 aliphatic carbocycles. The van der Waals surface area contributed by atoms with Crippen molar-refractivity contribution in [2.45, 2.75) is 31.5 Å². The van der Waals surface area contributed by atoms with Crippen LogP contribution < -0.4 is 0 Å². The van der Waals surface area contributed by atoms with Gasteiger partial charge in [-0.15, -0.1) is 0 Å². The predicted octanol–water partition coefficient (Wildman–Crippen LogP) is 4.54. The number of fused-ring (bicyclic) bond motifs is 1. The molecule has 1 saturated carbocycles. The van der Waals surface area contributed by atoms with Gasteiger partial charge in [-0.2, -0.15) is 18.3 Å². The highest BCUT2D eigenvalue weighted by atomic mass is 79.9. The van der Waals surface area contributed by atoms with Crippen molar-refractivity contribution in [1.82, 2.24) is 9.78 Å². The molecule has 1 fully saturated rings. The first-order valence-corrected chi connectivity index (χ1v) is 6.50.